The third-order valence-electron chi connectivity index (χ3n) is 3.76. The van der Waals surface area contributed by atoms with Gasteiger partial charge in [-0.15, -0.1) is 0 Å². The van der Waals surface area contributed by atoms with Crippen molar-refractivity contribution in [3.05, 3.63) is 60.2 Å². The summed E-state index contributed by atoms with van der Waals surface area (Å²) in [6, 6.07) is 6.29. The Morgan fingerprint density at radius 2 is 1.12 bits per heavy atom. The number of amides is 2. The molecule has 2 N–H and O–H groups in total. The summed E-state index contributed by atoms with van der Waals surface area (Å²) in [6.45, 7) is 3.88. The number of rotatable bonds is 8. The highest BCUT2D eigenvalue weighted by molar-refractivity contribution is 5.98. The minimum atomic E-state index is -0.558. The van der Waals surface area contributed by atoms with Gasteiger partial charge in [0.2, 0.25) is 13.1 Å². The van der Waals surface area contributed by atoms with Crippen molar-refractivity contribution in [1.29, 1.82) is 0 Å². The number of halogens is 2. The van der Waals surface area contributed by atoms with E-state index in [0.717, 1.165) is 0 Å². The van der Waals surface area contributed by atoms with Gasteiger partial charge in [-0.25, -0.2) is 9.59 Å². The van der Waals surface area contributed by atoms with E-state index in [1.54, 1.807) is 50.5 Å². The van der Waals surface area contributed by atoms with Crippen LogP contribution in [0.1, 0.15) is 34.6 Å². The largest absolute Gasteiger partial charge is 1.00 e. The normalized spacial score (nSPS) is 9.44. The Morgan fingerprint density at radius 1 is 0.750 bits per heavy atom. The van der Waals surface area contributed by atoms with Gasteiger partial charge < -0.3 is 43.4 Å². The van der Waals surface area contributed by atoms with Crippen LogP contribution in [0.25, 0.3) is 0 Å². The number of ether oxygens (including phenoxy) is 2. The van der Waals surface area contributed by atoms with Crippen LogP contribution in [0.15, 0.2) is 49.1 Å². The van der Waals surface area contributed by atoms with Crippen molar-refractivity contribution in [1.82, 2.24) is 10.9 Å². The van der Waals surface area contributed by atoms with Crippen molar-refractivity contribution in [3.63, 3.8) is 0 Å². The van der Waals surface area contributed by atoms with Crippen LogP contribution < -0.4 is 53.9 Å². The van der Waals surface area contributed by atoms with Crippen molar-refractivity contribution in [3.8, 4) is 0 Å². The van der Waals surface area contributed by atoms with Gasteiger partial charge in [0.25, 0.3) is 11.8 Å². The molecule has 0 atom stereocenters. The molecule has 174 valence electrons. The molecule has 0 unspecified atom stereocenters. The Kier molecular flexibility index (Phi) is 13.7. The molecule has 12 heteroatoms. The lowest BCUT2D eigenvalue weighted by Crippen LogP contribution is -3.00. The molecule has 0 saturated carbocycles. The third kappa shape index (κ3) is 9.52. The fourth-order valence-corrected chi connectivity index (χ4v) is 2.48. The van der Waals surface area contributed by atoms with E-state index in [9.17, 15) is 19.2 Å². The zero-order valence-corrected chi connectivity index (χ0v) is 20.7. The van der Waals surface area contributed by atoms with Crippen LogP contribution in [-0.4, -0.2) is 37.0 Å². The summed E-state index contributed by atoms with van der Waals surface area (Å²) in [4.78, 5) is 47.7. The lowest BCUT2D eigenvalue weighted by molar-refractivity contribution is -0.686. The van der Waals surface area contributed by atoms with E-state index in [-0.39, 0.29) is 71.4 Å². The van der Waals surface area contributed by atoms with Gasteiger partial charge in [-0.2, -0.15) is 9.13 Å². The van der Waals surface area contributed by atoms with E-state index >= 15 is 0 Å². The van der Waals surface area contributed by atoms with E-state index in [1.807, 2.05) is 0 Å². The Morgan fingerprint density at radius 3 is 1.47 bits per heavy atom. The predicted octanol–water partition coefficient (Wildman–Crippen LogP) is -6.53. The van der Waals surface area contributed by atoms with Gasteiger partial charge in [-0.3, -0.25) is 20.4 Å². The second kappa shape index (κ2) is 15.0. The van der Waals surface area contributed by atoms with Crippen molar-refractivity contribution in [2.24, 2.45) is 0 Å². The maximum absolute atomic E-state index is 12.3. The highest BCUT2D eigenvalue weighted by Gasteiger charge is 2.17. The maximum Gasteiger partial charge on any atom is 0.372 e. The molecule has 0 fully saturated rings. The summed E-state index contributed by atoms with van der Waals surface area (Å²) >= 11 is 0. The molecule has 2 aromatic rings. The van der Waals surface area contributed by atoms with Gasteiger partial charge in [-0.05, 0) is 26.0 Å². The number of nitrogens with zero attached hydrogens (tertiary/aromatic N) is 2. The first kappa shape index (κ1) is 29.1. The summed E-state index contributed by atoms with van der Waals surface area (Å²) in [5.74, 6) is -1.96. The third-order valence-corrected chi connectivity index (χ3v) is 3.76. The molecule has 2 amide bonds. The highest BCUT2D eigenvalue weighted by atomic mass is 79.9. The monoisotopic (exact) mass is 574 g/mol. The number of carbonyl (C=O) groups excluding carboxylic acids is 4. The van der Waals surface area contributed by atoms with E-state index in [4.69, 9.17) is 9.47 Å². The minimum Gasteiger partial charge on any atom is -1.00 e. The minimum absolute atomic E-state index is 0. The summed E-state index contributed by atoms with van der Waals surface area (Å²) in [7, 11) is 0. The molecule has 2 aromatic heterocycles. The van der Waals surface area contributed by atoms with Crippen molar-refractivity contribution in [2.45, 2.75) is 26.9 Å². The van der Waals surface area contributed by atoms with Gasteiger partial charge in [0.15, 0.2) is 24.8 Å². The SMILES string of the molecule is CCOC(=O)C[n+]1cccc(C(=O)NNC(=O)c2ccc[n+](CC(=O)OCC)c2)c1.[Br-].[Br-]. The lowest BCUT2D eigenvalue weighted by Gasteiger charge is -2.07. The standard InChI is InChI=1S/C20H22N4O6.2BrH/c1-3-29-17(25)13-23-9-5-7-15(11-23)19(27)21-22-20(28)16-8-6-10-24(12-16)14-18(26)30-4-2;;/h5-12H,3-4,13-14H2,1-2H3;2*1H. The van der Waals surface area contributed by atoms with E-state index in [0.29, 0.717) is 0 Å². The Hall–Kier alpha value is -2.86. The number of pyridine rings is 2. The van der Waals surface area contributed by atoms with Crippen LogP contribution >= 0.6 is 0 Å². The molecule has 0 aliphatic heterocycles. The molecule has 2 rings (SSSR count). The average molecular weight is 576 g/mol. The van der Waals surface area contributed by atoms with Gasteiger partial charge >= 0.3 is 11.9 Å². The molecule has 0 saturated heterocycles. The zero-order chi connectivity index (χ0) is 21.9. The molecular weight excluding hydrogens is 552 g/mol. The van der Waals surface area contributed by atoms with Gasteiger partial charge in [0.05, 0.1) is 13.2 Å². The topological polar surface area (TPSA) is 119 Å². The zero-order valence-electron chi connectivity index (χ0n) is 17.5. The second-order valence-electron chi connectivity index (χ2n) is 6.05. The molecule has 32 heavy (non-hydrogen) atoms. The van der Waals surface area contributed by atoms with Crippen LogP contribution in [0.3, 0.4) is 0 Å². The first-order valence-corrected chi connectivity index (χ1v) is 9.33. The number of nitrogens with one attached hydrogen (secondary N) is 2. The average Bonchev–Trinajstić information content (AvgIpc) is 2.72. The van der Waals surface area contributed by atoms with Gasteiger partial charge in [0, 0.05) is 12.1 Å². The van der Waals surface area contributed by atoms with E-state index in [2.05, 4.69) is 10.9 Å². The molecule has 0 aliphatic carbocycles. The molecular formula is C20H24Br2N4O6. The van der Waals surface area contributed by atoms with E-state index < -0.39 is 23.8 Å². The number of hydrogen-bond donors (Lipinski definition) is 2. The number of carbonyl (C=O) groups is 4. The van der Waals surface area contributed by atoms with E-state index in [1.165, 1.54) is 21.5 Å². The molecule has 0 spiro atoms. The number of aromatic nitrogens is 2. The van der Waals surface area contributed by atoms with Gasteiger partial charge in [-0.1, -0.05) is 0 Å². The molecule has 0 aromatic carbocycles. The Bertz CT molecular complexity index is 866. The summed E-state index contributed by atoms with van der Waals surface area (Å²) < 4.78 is 12.8. The fourth-order valence-electron chi connectivity index (χ4n) is 2.48. The van der Waals surface area contributed by atoms with Crippen LogP contribution in [0.5, 0.6) is 0 Å². The second-order valence-corrected chi connectivity index (χ2v) is 6.05. The van der Waals surface area contributed by atoms with Crippen molar-refractivity contribution in [2.75, 3.05) is 13.2 Å². The van der Waals surface area contributed by atoms with Crippen LogP contribution in [0.4, 0.5) is 0 Å². The van der Waals surface area contributed by atoms with Crippen LogP contribution in [0.2, 0.25) is 0 Å². The molecule has 10 nitrogen and oxygen atoms in total. The first-order chi connectivity index (χ1) is 14.4. The van der Waals surface area contributed by atoms with Gasteiger partial charge in [0.1, 0.15) is 11.1 Å². The fraction of sp³-hybridized carbons (Fsp3) is 0.300. The predicted molar refractivity (Wildman–Crippen MR) is 101 cm³/mol. The van der Waals surface area contributed by atoms with Crippen molar-refractivity contribution >= 4 is 23.8 Å². The first-order valence-electron chi connectivity index (χ1n) is 9.33. The molecule has 0 aliphatic rings. The smallest absolute Gasteiger partial charge is 0.372 e. The Balaban J connectivity index is 0.00000480. The number of hydrogen-bond acceptors (Lipinski definition) is 6. The molecule has 0 bridgehead atoms. The molecule has 2 heterocycles. The summed E-state index contributed by atoms with van der Waals surface area (Å²) in [6.07, 6.45) is 6.18. The number of esters is 2. The quantitative estimate of drug-likeness (QED) is 0.184. The Labute approximate surface area is 206 Å². The highest BCUT2D eigenvalue weighted by Crippen LogP contribution is 1.96. The van der Waals surface area contributed by atoms with Crippen LogP contribution in [0, 0.1) is 0 Å². The summed E-state index contributed by atoms with van der Waals surface area (Å²) in [5.41, 5.74) is 5.12. The number of hydrazine groups is 1. The summed E-state index contributed by atoms with van der Waals surface area (Å²) in [5, 5.41) is 0. The van der Waals surface area contributed by atoms with Crippen LogP contribution in [-0.2, 0) is 32.2 Å². The van der Waals surface area contributed by atoms with Crippen molar-refractivity contribution < 1.29 is 71.7 Å². The molecule has 0 radical (unpaired) electrons. The maximum atomic E-state index is 12.3. The lowest BCUT2D eigenvalue weighted by atomic mass is 10.2.